The van der Waals surface area contributed by atoms with Gasteiger partial charge in [0.05, 0.1) is 6.54 Å². The summed E-state index contributed by atoms with van der Waals surface area (Å²) in [6.07, 6.45) is 4.46. The van der Waals surface area contributed by atoms with Gasteiger partial charge in [-0.1, -0.05) is 24.3 Å². The molecule has 0 aromatic heterocycles. The number of benzene rings is 1. The third-order valence-electron chi connectivity index (χ3n) is 4.86. The van der Waals surface area contributed by atoms with Crippen LogP contribution in [0.5, 0.6) is 0 Å². The van der Waals surface area contributed by atoms with E-state index >= 15 is 0 Å². The number of guanidine groups is 1. The average Bonchev–Trinajstić information content (AvgIpc) is 2.68. The van der Waals surface area contributed by atoms with Gasteiger partial charge in [0, 0.05) is 37.3 Å². The molecule has 1 aliphatic rings. The summed E-state index contributed by atoms with van der Waals surface area (Å²) in [5.41, 5.74) is 2.66. The SMILES string of the molecule is CCNC(=NCC(C)(C)SC)NCCCC(=O)N1CCc2ccccc2C1.I. The monoisotopic (exact) mass is 518 g/mol. The Morgan fingerprint density at radius 3 is 2.64 bits per heavy atom. The molecule has 28 heavy (non-hydrogen) atoms. The van der Waals surface area contributed by atoms with Gasteiger partial charge in [-0.25, -0.2) is 0 Å². The van der Waals surface area contributed by atoms with E-state index < -0.39 is 0 Å². The van der Waals surface area contributed by atoms with Crippen LogP contribution in [0.2, 0.25) is 0 Å². The molecule has 2 N–H and O–H groups in total. The van der Waals surface area contributed by atoms with E-state index in [4.69, 9.17) is 0 Å². The Morgan fingerprint density at radius 2 is 1.96 bits per heavy atom. The van der Waals surface area contributed by atoms with Crippen LogP contribution < -0.4 is 10.6 Å². The second-order valence-electron chi connectivity index (χ2n) is 7.52. The van der Waals surface area contributed by atoms with Gasteiger partial charge in [0.15, 0.2) is 5.96 Å². The summed E-state index contributed by atoms with van der Waals surface area (Å²) in [5.74, 6) is 1.08. The molecule has 5 nitrogen and oxygen atoms in total. The van der Waals surface area contributed by atoms with Crippen molar-refractivity contribution in [1.29, 1.82) is 0 Å². The lowest BCUT2D eigenvalue weighted by molar-refractivity contribution is -0.132. The van der Waals surface area contributed by atoms with Crippen molar-refractivity contribution in [3.8, 4) is 0 Å². The van der Waals surface area contributed by atoms with Gasteiger partial charge in [0.2, 0.25) is 5.91 Å². The van der Waals surface area contributed by atoms with E-state index in [1.807, 2.05) is 16.7 Å². The van der Waals surface area contributed by atoms with E-state index in [0.717, 1.165) is 51.5 Å². The number of fused-ring (bicyclic) bond motifs is 1. The number of hydrogen-bond donors (Lipinski definition) is 2. The van der Waals surface area contributed by atoms with Crippen LogP contribution in [0.15, 0.2) is 29.3 Å². The van der Waals surface area contributed by atoms with Crippen LogP contribution in [0.25, 0.3) is 0 Å². The molecule has 0 unspecified atom stereocenters. The van der Waals surface area contributed by atoms with Crippen molar-refractivity contribution in [2.24, 2.45) is 4.99 Å². The number of nitrogens with one attached hydrogen (secondary N) is 2. The lowest BCUT2D eigenvalue weighted by Gasteiger charge is -2.29. The summed E-state index contributed by atoms with van der Waals surface area (Å²) in [6.45, 7) is 10.4. The molecule has 0 fully saturated rings. The van der Waals surface area contributed by atoms with Gasteiger partial charge in [-0.05, 0) is 51.0 Å². The molecule has 1 heterocycles. The summed E-state index contributed by atoms with van der Waals surface area (Å²) >= 11 is 1.82. The van der Waals surface area contributed by atoms with Crippen molar-refractivity contribution in [3.05, 3.63) is 35.4 Å². The van der Waals surface area contributed by atoms with Crippen LogP contribution in [-0.2, 0) is 17.8 Å². The van der Waals surface area contributed by atoms with E-state index in [9.17, 15) is 4.79 Å². The molecule has 1 aromatic carbocycles. The number of nitrogens with zero attached hydrogens (tertiary/aromatic N) is 2. The van der Waals surface area contributed by atoms with E-state index in [-0.39, 0.29) is 34.6 Å². The van der Waals surface area contributed by atoms with Gasteiger partial charge in [0.25, 0.3) is 0 Å². The highest BCUT2D eigenvalue weighted by atomic mass is 127. The molecule has 0 saturated carbocycles. The smallest absolute Gasteiger partial charge is 0.222 e. The first-order chi connectivity index (χ1) is 12.9. The number of thioether (sulfide) groups is 1. The zero-order valence-electron chi connectivity index (χ0n) is 17.6. The topological polar surface area (TPSA) is 56.7 Å². The second-order valence-corrected chi connectivity index (χ2v) is 9.04. The van der Waals surface area contributed by atoms with Crippen LogP contribution in [-0.4, -0.2) is 53.9 Å². The van der Waals surface area contributed by atoms with Gasteiger partial charge in [-0.3, -0.25) is 9.79 Å². The number of amides is 1. The van der Waals surface area contributed by atoms with Crippen molar-refractivity contribution in [3.63, 3.8) is 0 Å². The molecule has 158 valence electrons. The maximum atomic E-state index is 12.5. The Kier molecular flexibility index (Phi) is 11.3. The minimum absolute atomic E-state index is 0. The van der Waals surface area contributed by atoms with Crippen LogP contribution >= 0.6 is 35.7 Å². The molecule has 7 heteroatoms. The molecule has 1 aromatic rings. The zero-order valence-corrected chi connectivity index (χ0v) is 20.7. The Morgan fingerprint density at radius 1 is 1.25 bits per heavy atom. The molecular formula is C21H35IN4OS. The number of carbonyl (C=O) groups is 1. The molecule has 0 atom stereocenters. The fourth-order valence-electron chi connectivity index (χ4n) is 2.99. The highest BCUT2D eigenvalue weighted by Gasteiger charge is 2.20. The molecule has 0 bridgehead atoms. The van der Waals surface area contributed by atoms with Crippen LogP contribution in [0.4, 0.5) is 0 Å². The predicted molar refractivity (Wildman–Crippen MR) is 132 cm³/mol. The first-order valence-electron chi connectivity index (χ1n) is 9.87. The number of rotatable bonds is 8. The summed E-state index contributed by atoms with van der Waals surface area (Å²) in [5, 5.41) is 6.63. The summed E-state index contributed by atoms with van der Waals surface area (Å²) in [6, 6.07) is 8.43. The first-order valence-corrected chi connectivity index (χ1v) is 11.1. The first kappa shape index (κ1) is 25.1. The normalized spacial score (nSPS) is 14.1. The summed E-state index contributed by atoms with van der Waals surface area (Å²) in [7, 11) is 0. The maximum absolute atomic E-state index is 12.5. The van der Waals surface area contributed by atoms with Crippen LogP contribution in [0.1, 0.15) is 44.7 Å². The molecule has 1 aliphatic heterocycles. The standard InChI is InChI=1S/C21H34N4OS.HI/c1-5-22-20(24-16-21(2,3)27-4)23-13-8-11-19(26)25-14-12-17-9-6-7-10-18(17)15-25;/h6-7,9-10H,5,8,11-16H2,1-4H3,(H2,22,23,24);1H. The van der Waals surface area contributed by atoms with E-state index in [2.05, 4.69) is 66.9 Å². The number of carbonyl (C=O) groups excluding carboxylic acids is 1. The lowest BCUT2D eigenvalue weighted by Crippen LogP contribution is -2.39. The van der Waals surface area contributed by atoms with Gasteiger partial charge < -0.3 is 15.5 Å². The molecular weight excluding hydrogens is 483 g/mol. The number of aliphatic imine (C=N–C) groups is 1. The van der Waals surface area contributed by atoms with Gasteiger partial charge in [-0.15, -0.1) is 24.0 Å². The Hall–Kier alpha value is -0.960. The second kappa shape index (κ2) is 12.6. The Balaban J connectivity index is 0.00000392. The van der Waals surface area contributed by atoms with Crippen LogP contribution in [0.3, 0.4) is 0 Å². The summed E-state index contributed by atoms with van der Waals surface area (Å²) < 4.78 is 0.128. The maximum Gasteiger partial charge on any atom is 0.222 e. The van der Waals surface area contributed by atoms with Gasteiger partial charge >= 0.3 is 0 Å². The molecule has 2 rings (SSSR count). The van der Waals surface area contributed by atoms with Gasteiger partial charge in [0.1, 0.15) is 0 Å². The van der Waals surface area contributed by atoms with Crippen molar-refractivity contribution in [1.82, 2.24) is 15.5 Å². The fourth-order valence-corrected chi connectivity index (χ4v) is 3.18. The van der Waals surface area contributed by atoms with Crippen LogP contribution in [0, 0.1) is 0 Å². The largest absolute Gasteiger partial charge is 0.357 e. The minimum Gasteiger partial charge on any atom is -0.357 e. The van der Waals surface area contributed by atoms with Crippen molar-refractivity contribution < 1.29 is 4.79 Å². The van der Waals surface area contributed by atoms with Crippen molar-refractivity contribution in [2.75, 3.05) is 32.4 Å². The third kappa shape index (κ3) is 8.19. The van der Waals surface area contributed by atoms with Gasteiger partial charge in [-0.2, -0.15) is 11.8 Å². The highest BCUT2D eigenvalue weighted by Crippen LogP contribution is 2.21. The Bertz CT molecular complexity index is 651. The number of hydrogen-bond acceptors (Lipinski definition) is 3. The van der Waals surface area contributed by atoms with Crippen molar-refractivity contribution in [2.45, 2.75) is 51.3 Å². The number of halogens is 1. The fraction of sp³-hybridized carbons (Fsp3) is 0.619. The highest BCUT2D eigenvalue weighted by molar-refractivity contribution is 14.0. The molecule has 0 spiro atoms. The molecule has 0 radical (unpaired) electrons. The predicted octanol–water partition coefficient (Wildman–Crippen LogP) is 3.67. The quantitative estimate of drug-likeness (QED) is 0.239. The van der Waals surface area contributed by atoms with E-state index in [1.54, 1.807) is 0 Å². The average molecular weight is 519 g/mol. The zero-order chi connectivity index (χ0) is 19.7. The summed E-state index contributed by atoms with van der Waals surface area (Å²) in [4.78, 5) is 19.2. The van der Waals surface area contributed by atoms with E-state index in [1.165, 1.54) is 11.1 Å². The van der Waals surface area contributed by atoms with E-state index in [0.29, 0.717) is 6.42 Å². The van der Waals surface area contributed by atoms with Crippen molar-refractivity contribution >= 4 is 47.6 Å². The molecule has 0 saturated heterocycles. The third-order valence-corrected chi connectivity index (χ3v) is 6.09. The molecule has 0 aliphatic carbocycles. The molecule has 1 amide bonds. The Labute approximate surface area is 191 Å². The minimum atomic E-state index is 0. The lowest BCUT2D eigenvalue weighted by atomic mass is 9.99.